The largest absolute Gasteiger partial charge is 0.338 e. The van der Waals surface area contributed by atoms with Crippen LogP contribution in [0, 0.1) is 0 Å². The third-order valence-corrected chi connectivity index (χ3v) is 6.55. The molecule has 1 aliphatic heterocycles. The Bertz CT molecular complexity index is 1210. The number of pyridine rings is 1. The molecular weight excluding hydrogens is 370 g/mol. The van der Waals surface area contributed by atoms with Gasteiger partial charge in [-0.05, 0) is 42.5 Å². The van der Waals surface area contributed by atoms with Crippen molar-refractivity contribution in [3.05, 3.63) is 75.5 Å². The molecule has 4 aromatic rings. The Hall–Kier alpha value is -2.99. The Labute approximate surface area is 165 Å². The lowest BCUT2D eigenvalue weighted by Gasteiger charge is -2.31. The summed E-state index contributed by atoms with van der Waals surface area (Å²) in [6.45, 7) is 1.28. The number of aromatic nitrogens is 2. The molecule has 0 saturated carbocycles. The van der Waals surface area contributed by atoms with E-state index in [4.69, 9.17) is 4.98 Å². The van der Waals surface area contributed by atoms with Gasteiger partial charge in [-0.1, -0.05) is 30.3 Å². The van der Waals surface area contributed by atoms with Crippen molar-refractivity contribution < 1.29 is 4.79 Å². The van der Waals surface area contributed by atoms with Gasteiger partial charge in [-0.25, -0.2) is 4.98 Å². The van der Waals surface area contributed by atoms with E-state index in [0.29, 0.717) is 13.1 Å². The number of hydrogen-bond donors (Lipinski definition) is 1. The molecule has 0 bridgehead atoms. The second-order valence-corrected chi connectivity index (χ2v) is 8.27. The smallest absolute Gasteiger partial charge is 0.261 e. The average molecular weight is 389 g/mol. The Kier molecular flexibility index (Phi) is 4.20. The maximum atomic E-state index is 13.1. The number of H-pyrrole nitrogens is 1. The van der Waals surface area contributed by atoms with Gasteiger partial charge in [0.15, 0.2) is 0 Å². The number of fused-ring (bicyclic) bond motifs is 2. The van der Waals surface area contributed by atoms with Crippen LogP contribution in [0.5, 0.6) is 0 Å². The summed E-state index contributed by atoms with van der Waals surface area (Å²) < 4.78 is 1.17. The van der Waals surface area contributed by atoms with Crippen LogP contribution in [-0.2, 0) is 0 Å². The standard InChI is InChI=1S/C22H19N3O2S/c26-20-16(12-14-6-1-2-8-17(14)23-20)22(27)25-11-5-7-15(13-25)21-24-18-9-3-4-10-19(18)28-21/h1-4,6,8-10,12,15H,5,7,11,13H2,(H,23,26). The monoisotopic (exact) mass is 389 g/mol. The molecule has 140 valence electrons. The van der Waals surface area contributed by atoms with Crippen molar-refractivity contribution in [3.63, 3.8) is 0 Å². The maximum Gasteiger partial charge on any atom is 0.261 e. The first-order valence-corrected chi connectivity index (χ1v) is 10.3. The van der Waals surface area contributed by atoms with Crippen LogP contribution in [0.25, 0.3) is 21.1 Å². The third-order valence-electron chi connectivity index (χ3n) is 5.35. The van der Waals surface area contributed by atoms with Crippen molar-refractivity contribution in [2.24, 2.45) is 0 Å². The highest BCUT2D eigenvalue weighted by Crippen LogP contribution is 2.33. The molecule has 2 aromatic carbocycles. The van der Waals surface area contributed by atoms with E-state index in [1.165, 1.54) is 4.70 Å². The second-order valence-electron chi connectivity index (χ2n) is 7.21. The van der Waals surface area contributed by atoms with Crippen LogP contribution in [0.4, 0.5) is 0 Å². The molecule has 6 heteroatoms. The van der Waals surface area contributed by atoms with Gasteiger partial charge in [0.2, 0.25) is 0 Å². The van der Waals surface area contributed by atoms with Gasteiger partial charge < -0.3 is 9.88 Å². The van der Waals surface area contributed by atoms with Gasteiger partial charge in [0.05, 0.1) is 15.2 Å². The second kappa shape index (κ2) is 6.87. The lowest BCUT2D eigenvalue weighted by Crippen LogP contribution is -2.41. The van der Waals surface area contributed by atoms with Gasteiger partial charge in [0.25, 0.3) is 11.5 Å². The number of carbonyl (C=O) groups excluding carboxylic acids is 1. The molecule has 28 heavy (non-hydrogen) atoms. The van der Waals surface area contributed by atoms with E-state index >= 15 is 0 Å². The highest BCUT2D eigenvalue weighted by atomic mass is 32.1. The molecule has 5 nitrogen and oxygen atoms in total. The Morgan fingerprint density at radius 2 is 1.96 bits per heavy atom. The summed E-state index contributed by atoms with van der Waals surface area (Å²) >= 11 is 1.70. The number of benzene rings is 2. The predicted molar refractivity (Wildman–Crippen MR) is 112 cm³/mol. The van der Waals surface area contributed by atoms with Crippen LogP contribution in [0.2, 0.25) is 0 Å². The molecule has 0 radical (unpaired) electrons. The predicted octanol–water partition coefficient (Wildman–Crippen LogP) is 4.16. The van der Waals surface area contributed by atoms with Gasteiger partial charge in [-0.3, -0.25) is 9.59 Å². The van der Waals surface area contributed by atoms with E-state index in [1.54, 1.807) is 22.3 Å². The van der Waals surface area contributed by atoms with E-state index < -0.39 is 0 Å². The normalized spacial score (nSPS) is 17.3. The molecule has 1 atom stereocenters. The van der Waals surface area contributed by atoms with E-state index in [1.807, 2.05) is 42.5 Å². The molecule has 0 spiro atoms. The van der Waals surface area contributed by atoms with E-state index in [2.05, 4.69) is 11.1 Å². The zero-order valence-electron chi connectivity index (χ0n) is 15.2. The number of amides is 1. The van der Waals surface area contributed by atoms with Crippen LogP contribution < -0.4 is 5.56 Å². The Morgan fingerprint density at radius 3 is 2.86 bits per heavy atom. The Balaban J connectivity index is 1.44. The van der Waals surface area contributed by atoms with Crippen molar-refractivity contribution in [1.29, 1.82) is 0 Å². The molecule has 1 unspecified atom stereocenters. The summed E-state index contributed by atoms with van der Waals surface area (Å²) in [5, 5.41) is 1.94. The van der Waals surface area contributed by atoms with Crippen LogP contribution in [0.1, 0.15) is 34.1 Å². The zero-order valence-corrected chi connectivity index (χ0v) is 16.0. The number of hydrogen-bond acceptors (Lipinski definition) is 4. The van der Waals surface area contributed by atoms with Crippen LogP contribution in [0.3, 0.4) is 0 Å². The number of piperidine rings is 1. The molecule has 0 aliphatic carbocycles. The Morgan fingerprint density at radius 1 is 1.14 bits per heavy atom. The van der Waals surface area contributed by atoms with Gasteiger partial charge in [0, 0.05) is 24.5 Å². The molecule has 1 N–H and O–H groups in total. The van der Waals surface area contributed by atoms with E-state index in [0.717, 1.165) is 34.3 Å². The summed E-state index contributed by atoms with van der Waals surface area (Å²) in [7, 11) is 0. The highest BCUT2D eigenvalue weighted by Gasteiger charge is 2.28. The number of nitrogens with one attached hydrogen (secondary N) is 1. The fourth-order valence-corrected chi connectivity index (χ4v) is 5.00. The van der Waals surface area contributed by atoms with Gasteiger partial charge in [0.1, 0.15) is 5.56 Å². The fraction of sp³-hybridized carbons (Fsp3) is 0.227. The molecule has 1 aliphatic rings. The van der Waals surface area contributed by atoms with Crippen LogP contribution >= 0.6 is 11.3 Å². The minimum Gasteiger partial charge on any atom is -0.338 e. The summed E-state index contributed by atoms with van der Waals surface area (Å²) in [6, 6.07) is 17.3. The third kappa shape index (κ3) is 2.99. The summed E-state index contributed by atoms with van der Waals surface area (Å²) in [4.78, 5) is 35.0. The first-order valence-electron chi connectivity index (χ1n) is 9.46. The van der Waals surface area contributed by atoms with Gasteiger partial charge in [-0.2, -0.15) is 0 Å². The SMILES string of the molecule is O=C(c1cc2ccccc2[nH]c1=O)N1CCCC(c2nc3ccccc3s2)C1. The first-order chi connectivity index (χ1) is 13.7. The lowest BCUT2D eigenvalue weighted by atomic mass is 9.98. The van der Waals surface area contributed by atoms with Crippen LogP contribution in [-0.4, -0.2) is 33.9 Å². The first kappa shape index (κ1) is 17.1. The topological polar surface area (TPSA) is 66.1 Å². The number of nitrogens with zero attached hydrogens (tertiary/aromatic N) is 2. The number of para-hydroxylation sites is 2. The molecular formula is C22H19N3O2S. The molecule has 1 fully saturated rings. The van der Waals surface area contributed by atoms with Crippen molar-refractivity contribution in [2.45, 2.75) is 18.8 Å². The quantitative estimate of drug-likeness (QED) is 0.560. The molecule has 2 aromatic heterocycles. The minimum atomic E-state index is -0.328. The maximum absolute atomic E-state index is 13.1. The molecule has 3 heterocycles. The number of likely N-dealkylation sites (tertiary alicyclic amines) is 1. The number of carbonyl (C=O) groups is 1. The summed E-state index contributed by atoms with van der Waals surface area (Å²) in [5.74, 6) is 0.0208. The highest BCUT2D eigenvalue weighted by molar-refractivity contribution is 7.18. The number of thiazole rings is 1. The zero-order chi connectivity index (χ0) is 19.1. The van der Waals surface area contributed by atoms with Gasteiger partial charge in [-0.15, -0.1) is 11.3 Å². The number of aromatic amines is 1. The molecule has 1 amide bonds. The van der Waals surface area contributed by atoms with E-state index in [-0.39, 0.29) is 22.9 Å². The van der Waals surface area contributed by atoms with E-state index in [9.17, 15) is 9.59 Å². The minimum absolute atomic E-state index is 0.196. The summed E-state index contributed by atoms with van der Waals surface area (Å²) in [6.07, 6.45) is 1.93. The van der Waals surface area contributed by atoms with Gasteiger partial charge >= 0.3 is 0 Å². The summed E-state index contributed by atoms with van der Waals surface area (Å²) in [5.41, 5.74) is 1.64. The van der Waals surface area contributed by atoms with Crippen LogP contribution in [0.15, 0.2) is 59.4 Å². The number of rotatable bonds is 2. The molecule has 1 saturated heterocycles. The van der Waals surface area contributed by atoms with Crippen molar-refractivity contribution in [1.82, 2.24) is 14.9 Å². The molecule has 5 rings (SSSR count). The fourth-order valence-electron chi connectivity index (χ4n) is 3.90. The van der Waals surface area contributed by atoms with Crippen molar-refractivity contribution in [3.8, 4) is 0 Å². The average Bonchev–Trinajstić information content (AvgIpc) is 3.17. The van der Waals surface area contributed by atoms with Crippen molar-refractivity contribution in [2.75, 3.05) is 13.1 Å². The van der Waals surface area contributed by atoms with Crippen molar-refractivity contribution >= 4 is 38.4 Å². The lowest BCUT2D eigenvalue weighted by molar-refractivity contribution is 0.0705.